The van der Waals surface area contributed by atoms with E-state index in [-0.39, 0.29) is 5.91 Å². The maximum absolute atomic E-state index is 11.3. The van der Waals surface area contributed by atoms with Gasteiger partial charge in [-0.15, -0.1) is 22.7 Å². The zero-order chi connectivity index (χ0) is 18.3. The van der Waals surface area contributed by atoms with Crippen LogP contribution in [-0.4, -0.2) is 17.6 Å². The van der Waals surface area contributed by atoms with Gasteiger partial charge in [0.05, 0.1) is 18.7 Å². The molecule has 0 aromatic carbocycles. The number of amides is 2. The van der Waals surface area contributed by atoms with Crippen molar-refractivity contribution in [2.24, 2.45) is 0 Å². The van der Waals surface area contributed by atoms with E-state index in [9.17, 15) is 9.59 Å². The summed E-state index contributed by atoms with van der Waals surface area (Å²) in [6, 6.07) is 6.97. The van der Waals surface area contributed by atoms with Gasteiger partial charge >= 0.3 is 6.09 Å². The molecule has 0 unspecified atom stereocenters. The lowest BCUT2D eigenvalue weighted by molar-refractivity contribution is -0.114. The highest BCUT2D eigenvalue weighted by Crippen LogP contribution is 2.26. The van der Waals surface area contributed by atoms with E-state index in [1.807, 2.05) is 20.8 Å². The third-order valence-corrected chi connectivity index (χ3v) is 4.36. The predicted molar refractivity (Wildman–Crippen MR) is 103 cm³/mol. The summed E-state index contributed by atoms with van der Waals surface area (Å²) < 4.78 is 6.38. The van der Waals surface area contributed by atoms with E-state index in [0.717, 1.165) is 5.00 Å². The summed E-state index contributed by atoms with van der Waals surface area (Å²) >= 11 is 14.0. The SMILES string of the molecule is CC(=O)Nc1ccc(Cl)s1.CC(C)(C)OC(=O)Nc1ccc(Cl)s1. The Kier molecular flexibility index (Phi) is 8.02. The average Bonchev–Trinajstić information content (AvgIpc) is 2.96. The predicted octanol–water partition coefficient (Wildman–Crippen LogP) is 6.11. The second-order valence-corrected chi connectivity index (χ2v) is 8.95. The Morgan fingerprint density at radius 1 is 0.958 bits per heavy atom. The van der Waals surface area contributed by atoms with Gasteiger partial charge in [0.2, 0.25) is 5.91 Å². The van der Waals surface area contributed by atoms with E-state index in [0.29, 0.717) is 13.7 Å². The lowest BCUT2D eigenvalue weighted by Gasteiger charge is -2.19. The molecule has 0 bridgehead atoms. The van der Waals surface area contributed by atoms with Gasteiger partial charge in [0.25, 0.3) is 0 Å². The lowest BCUT2D eigenvalue weighted by atomic mass is 10.2. The first-order valence-corrected chi connectivity index (χ1v) is 9.22. The van der Waals surface area contributed by atoms with Gasteiger partial charge in [0.1, 0.15) is 5.60 Å². The second kappa shape index (κ2) is 9.27. The van der Waals surface area contributed by atoms with E-state index in [4.69, 9.17) is 27.9 Å². The Hall–Kier alpha value is -1.28. The van der Waals surface area contributed by atoms with Crippen molar-refractivity contribution in [3.63, 3.8) is 0 Å². The minimum atomic E-state index is -0.481. The normalized spacial score (nSPS) is 10.4. The Morgan fingerprint density at radius 2 is 1.42 bits per heavy atom. The van der Waals surface area contributed by atoms with Crippen LogP contribution >= 0.6 is 45.9 Å². The molecule has 2 rings (SSSR count). The maximum Gasteiger partial charge on any atom is 0.412 e. The summed E-state index contributed by atoms with van der Waals surface area (Å²) in [6.07, 6.45) is -0.462. The fourth-order valence-electron chi connectivity index (χ4n) is 1.34. The zero-order valence-corrected chi connectivity index (χ0v) is 16.8. The fraction of sp³-hybridized carbons (Fsp3) is 0.333. The number of ether oxygens (including phenoxy) is 1. The van der Waals surface area contributed by atoms with Crippen LogP contribution in [0.1, 0.15) is 27.7 Å². The molecule has 5 nitrogen and oxygen atoms in total. The largest absolute Gasteiger partial charge is 0.444 e. The highest BCUT2D eigenvalue weighted by molar-refractivity contribution is 7.20. The molecule has 2 aromatic heterocycles. The molecule has 0 aliphatic carbocycles. The number of nitrogens with one attached hydrogen (secondary N) is 2. The number of hydrogen-bond donors (Lipinski definition) is 2. The van der Waals surface area contributed by atoms with Crippen molar-refractivity contribution in [2.75, 3.05) is 10.6 Å². The Morgan fingerprint density at radius 3 is 1.75 bits per heavy atom. The van der Waals surface area contributed by atoms with Crippen LogP contribution in [0.2, 0.25) is 8.67 Å². The molecule has 132 valence electrons. The van der Waals surface area contributed by atoms with E-state index >= 15 is 0 Å². The number of thiophene rings is 2. The molecule has 2 N–H and O–H groups in total. The highest BCUT2D eigenvalue weighted by atomic mass is 35.5. The molecule has 0 saturated heterocycles. The van der Waals surface area contributed by atoms with Crippen molar-refractivity contribution in [3.8, 4) is 0 Å². The highest BCUT2D eigenvalue weighted by Gasteiger charge is 2.16. The van der Waals surface area contributed by atoms with Gasteiger partial charge in [-0.05, 0) is 45.0 Å². The van der Waals surface area contributed by atoms with Crippen molar-refractivity contribution in [2.45, 2.75) is 33.3 Å². The number of carbonyl (C=O) groups is 2. The quantitative estimate of drug-likeness (QED) is 0.629. The van der Waals surface area contributed by atoms with Crippen LogP contribution in [0, 0.1) is 0 Å². The molecule has 2 aromatic rings. The van der Waals surface area contributed by atoms with Crippen LogP contribution < -0.4 is 10.6 Å². The molecule has 0 radical (unpaired) electrons. The maximum atomic E-state index is 11.3. The molecule has 24 heavy (non-hydrogen) atoms. The summed E-state index contributed by atoms with van der Waals surface area (Å²) in [4.78, 5) is 21.7. The van der Waals surface area contributed by atoms with Gasteiger partial charge in [-0.1, -0.05) is 23.2 Å². The standard InChI is InChI=1S/C9H12ClNO2S.C6H6ClNOS/c1-9(2,3)13-8(12)11-7-5-4-6(10)14-7;1-4(9)8-6-3-2-5(7)10-6/h4-5H,1-3H3,(H,11,12);2-3H,1H3,(H,8,9). The number of carbonyl (C=O) groups excluding carboxylic acids is 2. The molecule has 0 fully saturated rings. The smallest absolute Gasteiger partial charge is 0.412 e. The number of rotatable bonds is 2. The number of hydrogen-bond acceptors (Lipinski definition) is 5. The van der Waals surface area contributed by atoms with Crippen molar-refractivity contribution >= 4 is 67.9 Å². The lowest BCUT2D eigenvalue weighted by Crippen LogP contribution is -2.26. The summed E-state index contributed by atoms with van der Waals surface area (Å²) in [6.45, 7) is 6.91. The Balaban J connectivity index is 0.000000254. The van der Waals surface area contributed by atoms with Gasteiger partial charge in [0, 0.05) is 6.92 Å². The van der Waals surface area contributed by atoms with Gasteiger partial charge in [-0.2, -0.15) is 0 Å². The van der Waals surface area contributed by atoms with E-state index in [2.05, 4.69) is 10.6 Å². The van der Waals surface area contributed by atoms with Gasteiger partial charge < -0.3 is 10.1 Å². The molecule has 9 heteroatoms. The third kappa shape index (κ3) is 9.12. The van der Waals surface area contributed by atoms with E-state index < -0.39 is 11.7 Å². The van der Waals surface area contributed by atoms with Crippen LogP contribution in [0.4, 0.5) is 14.8 Å². The van der Waals surface area contributed by atoms with Crippen LogP contribution in [0.15, 0.2) is 24.3 Å². The first-order chi connectivity index (χ1) is 11.0. The second-order valence-electron chi connectivity index (χ2n) is 5.52. The van der Waals surface area contributed by atoms with E-state index in [1.165, 1.54) is 29.6 Å². The summed E-state index contributed by atoms with van der Waals surface area (Å²) in [5.41, 5.74) is -0.481. The number of halogens is 2. The molecule has 2 heterocycles. The summed E-state index contributed by atoms with van der Waals surface area (Å²) in [7, 11) is 0. The van der Waals surface area contributed by atoms with Crippen molar-refractivity contribution in [3.05, 3.63) is 32.9 Å². The molecule has 0 aliphatic rings. The van der Waals surface area contributed by atoms with Crippen LogP contribution in [-0.2, 0) is 9.53 Å². The Bertz CT molecular complexity index is 693. The van der Waals surface area contributed by atoms with Crippen molar-refractivity contribution < 1.29 is 14.3 Å². The molecule has 0 aliphatic heterocycles. The van der Waals surface area contributed by atoms with E-state index in [1.54, 1.807) is 24.3 Å². The third-order valence-electron chi connectivity index (χ3n) is 2.07. The van der Waals surface area contributed by atoms with Crippen molar-refractivity contribution in [1.82, 2.24) is 0 Å². The minimum absolute atomic E-state index is 0.0708. The molecule has 2 amide bonds. The first kappa shape index (κ1) is 20.8. The first-order valence-electron chi connectivity index (χ1n) is 6.83. The van der Waals surface area contributed by atoms with Crippen LogP contribution in [0.25, 0.3) is 0 Å². The zero-order valence-electron chi connectivity index (χ0n) is 13.6. The summed E-state index contributed by atoms with van der Waals surface area (Å²) in [5.74, 6) is -0.0708. The molecule has 0 spiro atoms. The number of anilines is 2. The van der Waals surface area contributed by atoms with Gasteiger partial charge in [-0.3, -0.25) is 10.1 Å². The van der Waals surface area contributed by atoms with Crippen molar-refractivity contribution in [1.29, 1.82) is 0 Å². The van der Waals surface area contributed by atoms with Crippen LogP contribution in [0.3, 0.4) is 0 Å². The monoisotopic (exact) mass is 408 g/mol. The molecular weight excluding hydrogens is 391 g/mol. The van der Waals surface area contributed by atoms with Gasteiger partial charge in [0.15, 0.2) is 0 Å². The topological polar surface area (TPSA) is 67.4 Å². The van der Waals surface area contributed by atoms with Crippen LogP contribution in [0.5, 0.6) is 0 Å². The Labute approximate surface area is 158 Å². The van der Waals surface area contributed by atoms with Gasteiger partial charge in [-0.25, -0.2) is 4.79 Å². The molecular formula is C15H18Cl2N2O3S2. The molecule has 0 atom stereocenters. The average molecular weight is 409 g/mol. The minimum Gasteiger partial charge on any atom is -0.444 e. The molecule has 0 saturated carbocycles. The summed E-state index contributed by atoms with van der Waals surface area (Å²) in [5, 5.41) is 6.69. The fourth-order valence-corrected chi connectivity index (χ4v) is 3.26.